The second-order valence-electron chi connectivity index (χ2n) is 5.57. The van der Waals surface area contributed by atoms with Crippen LogP contribution in [0.25, 0.3) is 0 Å². The fourth-order valence-electron chi connectivity index (χ4n) is 1.58. The van der Waals surface area contributed by atoms with E-state index in [0.29, 0.717) is 24.8 Å². The van der Waals surface area contributed by atoms with Crippen LogP contribution in [0.15, 0.2) is 10.7 Å². The molecule has 0 atom stereocenters. The average molecular weight is 264 g/mol. The molecule has 0 saturated carbocycles. The van der Waals surface area contributed by atoms with Crippen LogP contribution in [0.2, 0.25) is 0 Å². The molecule has 2 heterocycles. The summed E-state index contributed by atoms with van der Waals surface area (Å²) in [6.45, 7) is 7.22. The highest BCUT2D eigenvalue weighted by molar-refractivity contribution is 4.99. The van der Waals surface area contributed by atoms with E-state index in [1.165, 1.54) is 0 Å². The van der Waals surface area contributed by atoms with Gasteiger partial charge in [-0.3, -0.25) is 0 Å². The van der Waals surface area contributed by atoms with Crippen molar-refractivity contribution < 1.29 is 4.52 Å². The second kappa shape index (κ2) is 5.48. The zero-order chi connectivity index (χ0) is 13.9. The van der Waals surface area contributed by atoms with Crippen molar-refractivity contribution in [1.29, 1.82) is 0 Å². The SMILES string of the molecule is CC(C)(C)c1nc(Cn2cc(CCCN)nn2)no1. The number of nitrogens with two attached hydrogens (primary N) is 1. The molecule has 7 heteroatoms. The van der Waals surface area contributed by atoms with Crippen LogP contribution >= 0.6 is 0 Å². The van der Waals surface area contributed by atoms with Crippen molar-refractivity contribution >= 4 is 0 Å². The van der Waals surface area contributed by atoms with Crippen molar-refractivity contribution in [3.63, 3.8) is 0 Å². The summed E-state index contributed by atoms with van der Waals surface area (Å²) < 4.78 is 6.95. The lowest BCUT2D eigenvalue weighted by molar-refractivity contribution is 0.317. The van der Waals surface area contributed by atoms with Crippen LogP contribution in [0.3, 0.4) is 0 Å². The largest absolute Gasteiger partial charge is 0.339 e. The van der Waals surface area contributed by atoms with E-state index in [4.69, 9.17) is 10.3 Å². The third-order valence-corrected chi connectivity index (χ3v) is 2.64. The lowest BCUT2D eigenvalue weighted by atomic mass is 9.97. The lowest BCUT2D eigenvalue weighted by Crippen LogP contribution is -2.12. The summed E-state index contributed by atoms with van der Waals surface area (Å²) in [5.74, 6) is 1.24. The number of aryl methyl sites for hydroxylation is 1. The van der Waals surface area contributed by atoms with Crippen molar-refractivity contribution in [3.05, 3.63) is 23.6 Å². The summed E-state index contributed by atoms with van der Waals surface area (Å²) in [6.07, 6.45) is 3.65. The van der Waals surface area contributed by atoms with Crippen molar-refractivity contribution in [2.45, 2.75) is 45.6 Å². The Kier molecular flexibility index (Phi) is 3.94. The molecule has 0 aliphatic rings. The smallest absolute Gasteiger partial charge is 0.232 e. The molecule has 7 nitrogen and oxygen atoms in total. The Labute approximate surface area is 112 Å². The first-order chi connectivity index (χ1) is 8.99. The van der Waals surface area contributed by atoms with E-state index in [1.54, 1.807) is 4.68 Å². The molecule has 0 amide bonds. The van der Waals surface area contributed by atoms with Gasteiger partial charge in [-0.2, -0.15) is 4.98 Å². The Balaban J connectivity index is 2.01. The molecule has 2 aromatic heterocycles. The number of hydrogen-bond donors (Lipinski definition) is 1. The van der Waals surface area contributed by atoms with Gasteiger partial charge in [0.15, 0.2) is 5.82 Å². The normalized spacial score (nSPS) is 12.0. The molecule has 0 aliphatic carbocycles. The summed E-state index contributed by atoms with van der Waals surface area (Å²) in [7, 11) is 0. The Morgan fingerprint density at radius 3 is 2.79 bits per heavy atom. The fourth-order valence-corrected chi connectivity index (χ4v) is 1.58. The second-order valence-corrected chi connectivity index (χ2v) is 5.57. The average Bonchev–Trinajstić information content (AvgIpc) is 2.95. The molecule has 2 aromatic rings. The fraction of sp³-hybridized carbons (Fsp3) is 0.667. The molecular formula is C12H20N6O. The molecule has 0 spiro atoms. The Morgan fingerprint density at radius 1 is 1.37 bits per heavy atom. The minimum Gasteiger partial charge on any atom is -0.339 e. The summed E-state index contributed by atoms with van der Waals surface area (Å²) >= 11 is 0. The van der Waals surface area contributed by atoms with Gasteiger partial charge in [0.25, 0.3) is 0 Å². The third-order valence-electron chi connectivity index (χ3n) is 2.64. The molecule has 104 valence electrons. The van der Waals surface area contributed by atoms with Crippen molar-refractivity contribution in [2.24, 2.45) is 5.73 Å². The molecular weight excluding hydrogens is 244 g/mol. The molecule has 19 heavy (non-hydrogen) atoms. The number of rotatable bonds is 5. The summed E-state index contributed by atoms with van der Waals surface area (Å²) in [5.41, 5.74) is 6.26. The molecule has 0 aromatic carbocycles. The molecule has 0 aliphatic heterocycles. The van der Waals surface area contributed by atoms with Crippen molar-refractivity contribution in [3.8, 4) is 0 Å². The van der Waals surface area contributed by atoms with Gasteiger partial charge in [0.2, 0.25) is 5.89 Å². The van der Waals surface area contributed by atoms with Crippen LogP contribution in [0.5, 0.6) is 0 Å². The van der Waals surface area contributed by atoms with Crippen LogP contribution in [0.1, 0.15) is 44.6 Å². The van der Waals surface area contributed by atoms with Crippen molar-refractivity contribution in [1.82, 2.24) is 25.1 Å². The summed E-state index contributed by atoms with van der Waals surface area (Å²) in [6, 6.07) is 0. The minimum atomic E-state index is -0.139. The van der Waals surface area contributed by atoms with E-state index in [9.17, 15) is 0 Å². The van der Waals surface area contributed by atoms with Crippen LogP contribution in [0.4, 0.5) is 0 Å². The highest BCUT2D eigenvalue weighted by Crippen LogP contribution is 2.19. The first-order valence-electron chi connectivity index (χ1n) is 6.41. The van der Waals surface area contributed by atoms with E-state index in [-0.39, 0.29) is 5.41 Å². The van der Waals surface area contributed by atoms with Crippen molar-refractivity contribution in [2.75, 3.05) is 6.54 Å². The van der Waals surface area contributed by atoms with Gasteiger partial charge < -0.3 is 10.3 Å². The molecule has 0 saturated heterocycles. The van der Waals surface area contributed by atoms with Gasteiger partial charge in [-0.1, -0.05) is 31.1 Å². The van der Waals surface area contributed by atoms with Gasteiger partial charge in [0.1, 0.15) is 6.54 Å². The Morgan fingerprint density at radius 2 is 2.16 bits per heavy atom. The molecule has 0 fully saturated rings. The summed E-state index contributed by atoms with van der Waals surface area (Å²) in [5, 5.41) is 12.1. The molecule has 0 radical (unpaired) electrons. The predicted octanol–water partition coefficient (Wildman–Crippen LogP) is 0.898. The molecule has 0 unspecified atom stereocenters. The quantitative estimate of drug-likeness (QED) is 0.862. The van der Waals surface area contributed by atoms with Gasteiger partial charge in [-0.15, -0.1) is 5.10 Å². The van der Waals surface area contributed by atoms with E-state index >= 15 is 0 Å². The molecule has 2 rings (SSSR count). The van der Waals surface area contributed by atoms with Gasteiger partial charge in [0, 0.05) is 11.6 Å². The van der Waals surface area contributed by atoms with Gasteiger partial charge in [0.05, 0.1) is 5.69 Å². The van der Waals surface area contributed by atoms with Gasteiger partial charge >= 0.3 is 0 Å². The lowest BCUT2D eigenvalue weighted by Gasteiger charge is -2.10. The van der Waals surface area contributed by atoms with Gasteiger partial charge in [-0.25, -0.2) is 4.68 Å². The minimum absolute atomic E-state index is 0.139. The van der Waals surface area contributed by atoms with E-state index < -0.39 is 0 Å². The molecule has 2 N–H and O–H groups in total. The number of nitrogens with zero attached hydrogens (tertiary/aromatic N) is 5. The predicted molar refractivity (Wildman–Crippen MR) is 69.5 cm³/mol. The van der Waals surface area contributed by atoms with Crippen LogP contribution < -0.4 is 5.73 Å². The first kappa shape index (κ1) is 13.7. The van der Waals surface area contributed by atoms with E-state index in [1.807, 2.05) is 27.0 Å². The number of aromatic nitrogens is 5. The number of hydrogen-bond acceptors (Lipinski definition) is 6. The topological polar surface area (TPSA) is 95.7 Å². The standard InChI is InChI=1S/C12H20N6O/c1-12(2,3)11-14-10(16-19-11)8-18-7-9(15-17-18)5-4-6-13/h7H,4-6,8,13H2,1-3H3. The molecule has 0 bridgehead atoms. The third kappa shape index (κ3) is 3.60. The maximum absolute atomic E-state index is 5.46. The zero-order valence-corrected chi connectivity index (χ0v) is 11.6. The highest BCUT2D eigenvalue weighted by Gasteiger charge is 2.21. The van der Waals surface area contributed by atoms with Crippen LogP contribution in [0, 0.1) is 0 Å². The monoisotopic (exact) mass is 264 g/mol. The summed E-state index contributed by atoms with van der Waals surface area (Å²) in [4.78, 5) is 4.36. The maximum Gasteiger partial charge on any atom is 0.232 e. The Hall–Kier alpha value is -1.76. The highest BCUT2D eigenvalue weighted by atomic mass is 16.5. The first-order valence-corrected chi connectivity index (χ1v) is 6.41. The van der Waals surface area contributed by atoms with E-state index in [0.717, 1.165) is 18.5 Å². The van der Waals surface area contributed by atoms with E-state index in [2.05, 4.69) is 20.5 Å². The zero-order valence-electron chi connectivity index (χ0n) is 11.6. The van der Waals surface area contributed by atoms with Crippen LogP contribution in [-0.2, 0) is 18.4 Å². The van der Waals surface area contributed by atoms with Gasteiger partial charge in [-0.05, 0) is 19.4 Å². The van der Waals surface area contributed by atoms with Crippen LogP contribution in [-0.4, -0.2) is 31.7 Å². The maximum atomic E-state index is 5.46. The Bertz CT molecular complexity index is 524.